The third-order valence-corrected chi connectivity index (χ3v) is 6.07. The van der Waals surface area contributed by atoms with Crippen LogP contribution in [-0.2, 0) is 6.54 Å². The summed E-state index contributed by atoms with van der Waals surface area (Å²) < 4.78 is 0. The number of fused-ring (bicyclic) bond motifs is 2. The summed E-state index contributed by atoms with van der Waals surface area (Å²) in [6, 6.07) is 16.0. The number of thioether (sulfide) groups is 1. The minimum atomic E-state index is 0.0697. The van der Waals surface area contributed by atoms with Crippen molar-refractivity contribution in [3.8, 4) is 11.8 Å². The molecule has 0 fully saturated rings. The standard InChI is InChI=1S/C22H23NOS/c1-16(22(2,3)4)25-21(24)23-15-19-11-6-5-9-17(19)13-14-18-10-7-8-12-20(18)23/h5-12,16H,15H2,1-4H3. The summed E-state index contributed by atoms with van der Waals surface area (Å²) in [4.78, 5) is 15.0. The lowest BCUT2D eigenvalue weighted by molar-refractivity contribution is 0.264. The molecule has 2 nitrogen and oxygen atoms in total. The molecule has 0 spiro atoms. The molecule has 0 saturated carbocycles. The first-order valence-electron chi connectivity index (χ1n) is 8.53. The Labute approximate surface area is 154 Å². The molecule has 1 atom stereocenters. The van der Waals surface area contributed by atoms with Crippen LogP contribution in [0.1, 0.15) is 44.4 Å². The van der Waals surface area contributed by atoms with Crippen molar-refractivity contribution in [3.63, 3.8) is 0 Å². The zero-order valence-electron chi connectivity index (χ0n) is 15.2. The van der Waals surface area contributed by atoms with E-state index in [0.717, 1.165) is 22.4 Å². The minimum absolute atomic E-state index is 0.0697. The average Bonchev–Trinajstić information content (AvgIpc) is 2.56. The number of carbonyl (C=O) groups is 1. The summed E-state index contributed by atoms with van der Waals surface area (Å²) >= 11 is 1.41. The summed E-state index contributed by atoms with van der Waals surface area (Å²) in [7, 11) is 0. The van der Waals surface area contributed by atoms with Gasteiger partial charge in [0.05, 0.1) is 12.2 Å². The second kappa shape index (κ2) is 6.98. The highest BCUT2D eigenvalue weighted by atomic mass is 32.2. The molecule has 25 heavy (non-hydrogen) atoms. The van der Waals surface area contributed by atoms with Crippen LogP contribution in [0, 0.1) is 17.3 Å². The zero-order chi connectivity index (χ0) is 18.0. The first kappa shape index (κ1) is 17.6. The fourth-order valence-corrected chi connectivity index (χ4v) is 3.49. The highest BCUT2D eigenvalue weighted by Crippen LogP contribution is 2.34. The van der Waals surface area contributed by atoms with E-state index in [1.165, 1.54) is 11.8 Å². The SMILES string of the molecule is CC(SC(=O)N1Cc2ccccc2C#Cc2ccccc21)C(C)(C)C. The molecular formula is C22H23NOS. The number of hydrogen-bond donors (Lipinski definition) is 0. The molecule has 1 unspecified atom stereocenters. The van der Waals surface area contributed by atoms with Gasteiger partial charge in [-0.15, -0.1) is 0 Å². The van der Waals surface area contributed by atoms with Gasteiger partial charge in [-0.05, 0) is 29.2 Å². The van der Waals surface area contributed by atoms with Crippen molar-refractivity contribution in [2.75, 3.05) is 4.90 Å². The van der Waals surface area contributed by atoms with Crippen LogP contribution in [0.25, 0.3) is 0 Å². The van der Waals surface area contributed by atoms with Crippen molar-refractivity contribution in [2.45, 2.75) is 39.5 Å². The molecule has 2 aromatic rings. The van der Waals surface area contributed by atoms with Crippen LogP contribution in [0.5, 0.6) is 0 Å². The van der Waals surface area contributed by atoms with E-state index in [4.69, 9.17) is 0 Å². The van der Waals surface area contributed by atoms with E-state index in [0.29, 0.717) is 6.54 Å². The van der Waals surface area contributed by atoms with Crippen LogP contribution in [0.15, 0.2) is 48.5 Å². The molecule has 0 bridgehead atoms. The molecule has 0 N–H and O–H groups in total. The molecule has 1 heterocycles. The molecule has 128 valence electrons. The Morgan fingerprint density at radius 2 is 1.64 bits per heavy atom. The molecule has 3 rings (SSSR count). The molecule has 0 aromatic heterocycles. The number of rotatable bonds is 1. The van der Waals surface area contributed by atoms with Gasteiger partial charge in [-0.1, -0.05) is 81.6 Å². The summed E-state index contributed by atoms with van der Waals surface area (Å²) in [5.74, 6) is 6.49. The molecular weight excluding hydrogens is 326 g/mol. The minimum Gasteiger partial charge on any atom is -0.298 e. The third-order valence-electron chi connectivity index (χ3n) is 4.59. The summed E-state index contributed by atoms with van der Waals surface area (Å²) in [5.41, 5.74) is 3.93. The van der Waals surface area contributed by atoms with E-state index in [1.54, 1.807) is 0 Å². The van der Waals surface area contributed by atoms with Gasteiger partial charge in [-0.3, -0.25) is 9.69 Å². The lowest BCUT2D eigenvalue weighted by Gasteiger charge is -2.30. The summed E-state index contributed by atoms with van der Waals surface area (Å²) in [6.45, 7) is 9.16. The second-order valence-electron chi connectivity index (χ2n) is 7.40. The number of benzene rings is 2. The Morgan fingerprint density at radius 1 is 1.04 bits per heavy atom. The topological polar surface area (TPSA) is 20.3 Å². The van der Waals surface area contributed by atoms with Crippen molar-refractivity contribution < 1.29 is 4.79 Å². The summed E-state index contributed by atoms with van der Waals surface area (Å²) in [6.07, 6.45) is 0. The molecule has 0 saturated heterocycles. The Balaban J connectivity index is 2.01. The normalized spacial score (nSPS) is 14.3. The zero-order valence-corrected chi connectivity index (χ0v) is 16.0. The maximum Gasteiger partial charge on any atom is 0.286 e. The van der Waals surface area contributed by atoms with Gasteiger partial charge in [0.15, 0.2) is 0 Å². The van der Waals surface area contributed by atoms with Gasteiger partial charge < -0.3 is 0 Å². The van der Waals surface area contributed by atoms with Crippen molar-refractivity contribution in [3.05, 3.63) is 65.2 Å². The first-order chi connectivity index (χ1) is 11.9. The largest absolute Gasteiger partial charge is 0.298 e. The molecule has 0 radical (unpaired) electrons. The monoisotopic (exact) mass is 349 g/mol. The molecule has 1 aliphatic rings. The molecule has 3 heteroatoms. The maximum absolute atomic E-state index is 13.1. The van der Waals surface area contributed by atoms with Crippen LogP contribution in [-0.4, -0.2) is 10.5 Å². The maximum atomic E-state index is 13.1. The second-order valence-corrected chi connectivity index (χ2v) is 8.69. The van der Waals surface area contributed by atoms with Gasteiger partial charge in [0.25, 0.3) is 5.24 Å². The number of amides is 1. The highest BCUT2D eigenvalue weighted by molar-refractivity contribution is 8.14. The van der Waals surface area contributed by atoms with Gasteiger partial charge in [-0.25, -0.2) is 0 Å². The first-order valence-corrected chi connectivity index (χ1v) is 9.41. The predicted molar refractivity (Wildman–Crippen MR) is 107 cm³/mol. The van der Waals surface area contributed by atoms with Crippen molar-refractivity contribution in [1.82, 2.24) is 0 Å². The highest BCUT2D eigenvalue weighted by Gasteiger charge is 2.28. The average molecular weight is 349 g/mol. The van der Waals surface area contributed by atoms with Gasteiger partial charge in [0.1, 0.15) is 0 Å². The summed E-state index contributed by atoms with van der Waals surface area (Å²) in [5, 5.41) is 0.298. The number of carbonyl (C=O) groups excluding carboxylic acids is 1. The molecule has 1 aliphatic heterocycles. The van der Waals surface area contributed by atoms with E-state index in [-0.39, 0.29) is 15.9 Å². The number of para-hydroxylation sites is 1. The fraction of sp³-hybridized carbons (Fsp3) is 0.318. The Bertz CT molecular complexity index is 854. The Hall–Kier alpha value is -2.18. The smallest absolute Gasteiger partial charge is 0.286 e. The number of nitrogens with zero attached hydrogens (tertiary/aromatic N) is 1. The quantitative estimate of drug-likeness (QED) is 0.616. The third kappa shape index (κ3) is 3.91. The van der Waals surface area contributed by atoms with E-state index < -0.39 is 0 Å². The van der Waals surface area contributed by atoms with Crippen molar-refractivity contribution >= 4 is 22.7 Å². The van der Waals surface area contributed by atoms with E-state index in [2.05, 4.69) is 45.6 Å². The van der Waals surface area contributed by atoms with Crippen molar-refractivity contribution in [1.29, 1.82) is 0 Å². The fourth-order valence-electron chi connectivity index (χ4n) is 2.54. The molecule has 0 aliphatic carbocycles. The van der Waals surface area contributed by atoms with Crippen LogP contribution < -0.4 is 4.90 Å². The van der Waals surface area contributed by atoms with Crippen LogP contribution in [0.4, 0.5) is 10.5 Å². The number of anilines is 1. The van der Waals surface area contributed by atoms with E-state index in [9.17, 15) is 4.79 Å². The van der Waals surface area contributed by atoms with Crippen LogP contribution in [0.3, 0.4) is 0 Å². The Kier molecular flexibility index (Phi) is 4.92. The van der Waals surface area contributed by atoms with Gasteiger partial charge in [-0.2, -0.15) is 0 Å². The van der Waals surface area contributed by atoms with Gasteiger partial charge >= 0.3 is 0 Å². The van der Waals surface area contributed by atoms with Gasteiger partial charge in [0.2, 0.25) is 0 Å². The lowest BCUT2D eigenvalue weighted by Crippen LogP contribution is -2.32. The predicted octanol–water partition coefficient (Wildman–Crippen LogP) is 5.69. The van der Waals surface area contributed by atoms with E-state index in [1.807, 2.05) is 47.4 Å². The van der Waals surface area contributed by atoms with Crippen molar-refractivity contribution in [2.24, 2.45) is 5.41 Å². The molecule has 1 amide bonds. The molecule has 2 aromatic carbocycles. The van der Waals surface area contributed by atoms with Gasteiger partial charge in [0, 0.05) is 16.4 Å². The Morgan fingerprint density at radius 3 is 2.36 bits per heavy atom. The number of hydrogen-bond acceptors (Lipinski definition) is 2. The van der Waals surface area contributed by atoms with E-state index >= 15 is 0 Å². The van der Waals surface area contributed by atoms with Crippen LogP contribution in [0.2, 0.25) is 0 Å². The van der Waals surface area contributed by atoms with Crippen LogP contribution >= 0.6 is 11.8 Å². The lowest BCUT2D eigenvalue weighted by atomic mass is 9.93.